The topological polar surface area (TPSA) is 241 Å². The number of amides is 2. The Labute approximate surface area is 391 Å². The summed E-state index contributed by atoms with van der Waals surface area (Å²) >= 11 is 1.08. The van der Waals surface area contributed by atoms with Crippen LogP contribution >= 0.6 is 11.8 Å². The molecular weight excluding hydrogens is 891 g/mol. The molecule has 4 aromatic rings. The maximum Gasteiger partial charge on any atom is 0.414 e. The van der Waals surface area contributed by atoms with Gasteiger partial charge in [-0.2, -0.15) is 0 Å². The molecule has 20 heteroatoms. The van der Waals surface area contributed by atoms with Crippen LogP contribution in [0.3, 0.4) is 0 Å². The smallest absolute Gasteiger partial charge is 0.414 e. The fourth-order valence-electron chi connectivity index (χ4n) is 6.79. The van der Waals surface area contributed by atoms with Gasteiger partial charge in [0, 0.05) is 45.4 Å². The van der Waals surface area contributed by atoms with Gasteiger partial charge in [0.25, 0.3) is 0 Å². The molecule has 0 aliphatic carbocycles. The zero-order valence-electron chi connectivity index (χ0n) is 38.2. The Hall–Kier alpha value is -7.09. The summed E-state index contributed by atoms with van der Waals surface area (Å²) in [6, 6.07) is 23.7. The lowest BCUT2D eigenvalue weighted by molar-refractivity contribution is -0.190. The van der Waals surface area contributed by atoms with Crippen LogP contribution in [0.4, 0.5) is 9.59 Å². The minimum atomic E-state index is -1.33. The first-order valence-corrected chi connectivity index (χ1v) is 22.3. The molecule has 3 N–H and O–H groups in total. The Bertz CT molecular complexity index is 2300. The number of nitrogens with one attached hydrogen (secondary N) is 3. The minimum Gasteiger partial charge on any atom is -0.492 e. The number of H-pyrrole nitrogens is 1. The summed E-state index contributed by atoms with van der Waals surface area (Å²) in [5.41, 5.74) is 3.69. The van der Waals surface area contributed by atoms with E-state index in [1.54, 1.807) is 30.3 Å². The monoisotopic (exact) mass is 945 g/mol. The third-order valence-corrected chi connectivity index (χ3v) is 11.2. The average Bonchev–Trinajstić information content (AvgIpc) is 3.68. The first-order chi connectivity index (χ1) is 32.1. The molecule has 2 amide bonds. The summed E-state index contributed by atoms with van der Waals surface area (Å²) in [5.74, 6) is -2.25. The number of carbonyl (C=O) groups excluding carboxylic acids is 6. The Morgan fingerprint density at radius 2 is 1.30 bits per heavy atom. The lowest BCUT2D eigenvalue weighted by Crippen LogP contribution is -2.59. The number of rotatable bonds is 18. The third kappa shape index (κ3) is 16.1. The highest BCUT2D eigenvalue weighted by atomic mass is 32.2. The van der Waals surface area contributed by atoms with Crippen molar-refractivity contribution < 1.29 is 66.7 Å². The highest BCUT2D eigenvalue weighted by Gasteiger charge is 2.53. The summed E-state index contributed by atoms with van der Waals surface area (Å²) in [6.45, 7) is 10.5. The second-order valence-electron chi connectivity index (χ2n) is 15.5. The predicted molar refractivity (Wildman–Crippen MR) is 243 cm³/mol. The minimum absolute atomic E-state index is 0.00236. The van der Waals surface area contributed by atoms with Crippen molar-refractivity contribution in [3.63, 3.8) is 0 Å². The molecule has 2 heterocycles. The van der Waals surface area contributed by atoms with Gasteiger partial charge in [-0.15, -0.1) is 16.9 Å². The van der Waals surface area contributed by atoms with Gasteiger partial charge in [0.1, 0.15) is 32.2 Å². The molecule has 67 heavy (non-hydrogen) atoms. The van der Waals surface area contributed by atoms with Gasteiger partial charge in [-0.05, 0) is 47.2 Å². The van der Waals surface area contributed by atoms with E-state index in [4.69, 9.17) is 37.9 Å². The molecule has 0 bridgehead atoms. The molecule has 0 radical (unpaired) electrons. The zero-order valence-corrected chi connectivity index (χ0v) is 39.0. The number of benzene rings is 3. The van der Waals surface area contributed by atoms with Crippen molar-refractivity contribution in [2.24, 2.45) is 4.99 Å². The number of hydrogen-bond donors (Lipinski definition) is 3. The van der Waals surface area contributed by atoms with Crippen molar-refractivity contribution in [3.8, 4) is 11.6 Å². The molecule has 1 saturated heterocycles. The van der Waals surface area contributed by atoms with Crippen LogP contribution < -0.4 is 20.1 Å². The van der Waals surface area contributed by atoms with Gasteiger partial charge < -0.3 is 37.9 Å². The average molecular weight is 946 g/mol. The van der Waals surface area contributed by atoms with E-state index in [9.17, 15) is 28.8 Å². The van der Waals surface area contributed by atoms with Crippen LogP contribution in [0.5, 0.6) is 11.6 Å². The number of guanidine groups is 1. The normalized spacial score (nSPS) is 17.5. The molecule has 19 nitrogen and oxygen atoms in total. The molecule has 0 saturated carbocycles. The second kappa shape index (κ2) is 25.0. The van der Waals surface area contributed by atoms with Crippen LogP contribution in [0, 0.1) is 6.92 Å². The Kier molecular flexibility index (Phi) is 19.0. The number of aliphatic imine (C=N–C) groups is 1. The van der Waals surface area contributed by atoms with Gasteiger partial charge in [-0.1, -0.05) is 80.6 Å². The predicted octanol–water partition coefficient (Wildman–Crippen LogP) is 6.20. The molecular formula is C47H55N5O14S. The lowest BCUT2D eigenvalue weighted by Gasteiger charge is -2.43. The molecule has 1 fully saturated rings. The van der Waals surface area contributed by atoms with Gasteiger partial charge in [0.05, 0.1) is 11.8 Å². The molecule has 0 spiro atoms. The van der Waals surface area contributed by atoms with Gasteiger partial charge in [0.2, 0.25) is 11.8 Å². The van der Waals surface area contributed by atoms with Crippen molar-refractivity contribution in [1.82, 2.24) is 20.8 Å². The first kappa shape index (κ1) is 50.9. The van der Waals surface area contributed by atoms with Gasteiger partial charge in [-0.25, -0.2) is 14.6 Å². The summed E-state index contributed by atoms with van der Waals surface area (Å²) in [4.78, 5) is 78.7. The number of nitrogens with zero attached hydrogens (tertiary/aromatic N) is 2. The molecule has 358 valence electrons. The van der Waals surface area contributed by atoms with E-state index in [0.717, 1.165) is 46.6 Å². The molecule has 1 aromatic heterocycles. The Morgan fingerprint density at radius 3 is 1.84 bits per heavy atom. The van der Waals surface area contributed by atoms with Crippen molar-refractivity contribution in [2.75, 3.05) is 19.8 Å². The Morgan fingerprint density at radius 1 is 0.731 bits per heavy atom. The fraction of sp³-hybridized carbons (Fsp3) is 0.404. The summed E-state index contributed by atoms with van der Waals surface area (Å²) < 4.78 is 45.4. The zero-order chi connectivity index (χ0) is 48.5. The van der Waals surface area contributed by atoms with E-state index in [-0.39, 0.29) is 50.7 Å². The van der Waals surface area contributed by atoms with Gasteiger partial charge in [-0.3, -0.25) is 34.9 Å². The van der Waals surface area contributed by atoms with Gasteiger partial charge >= 0.3 is 36.1 Å². The van der Waals surface area contributed by atoms with Crippen LogP contribution in [0.15, 0.2) is 83.9 Å². The Balaban J connectivity index is 1.30. The molecule has 0 unspecified atom stereocenters. The first-order valence-electron chi connectivity index (χ1n) is 21.3. The maximum atomic E-state index is 12.7. The standard InChI is InChI=1S/C47H55N5O14S/c1-27(2)39-37(43(52-51-39)66-44-42(65-32(7)56)41(64-31(6)55)40(63-30(5)54)38(67-44)26-60-29(4)53)23-35-18-19-36(22-28(35)3)59-21-20-48-45(49-46(57)61-24-33-14-10-8-11-15-33)50-47(58)62-25-34-16-12-9-13-17-34/h8-19,22,27,38,40-42,44H,20-21,23-26H2,1-7H3,(H,51,52)(H2,48,49,50,57,58)/t38-,40-,41+,42-,44-/m1/s1. The van der Waals surface area contributed by atoms with E-state index in [0.29, 0.717) is 17.7 Å². The molecule has 1 aliphatic heterocycles. The maximum absolute atomic E-state index is 12.7. The van der Waals surface area contributed by atoms with Crippen molar-refractivity contribution in [1.29, 1.82) is 0 Å². The van der Waals surface area contributed by atoms with Gasteiger partial charge in [0.15, 0.2) is 23.7 Å². The molecule has 1 aliphatic rings. The molecule has 5 rings (SSSR count). The number of aryl methyl sites for hydroxylation is 1. The summed E-state index contributed by atoms with van der Waals surface area (Å²) in [6.07, 6.45) is -5.11. The number of ether oxygens (including phenoxy) is 8. The van der Waals surface area contributed by atoms with E-state index in [1.165, 1.54) is 20.8 Å². The SMILES string of the molecule is CC(=O)OC[C@H]1S[C@@H](Oc2n[nH]c(C(C)C)c2Cc2ccc(OCCN=C(NC(=O)OCc3ccccc3)NC(=O)OCc3ccccc3)cc2C)[C@H](OC(C)=O)[C@@H](OC(C)=O)[C@@H]1OC(C)=O. The van der Waals surface area contributed by atoms with Crippen LogP contribution in [0.2, 0.25) is 0 Å². The van der Waals surface area contributed by atoms with Crippen molar-refractivity contribution >= 4 is 53.8 Å². The van der Waals surface area contributed by atoms with E-state index < -0.39 is 65.1 Å². The van der Waals surface area contributed by atoms with Crippen LogP contribution in [-0.4, -0.2) is 101 Å². The number of esters is 4. The van der Waals surface area contributed by atoms with E-state index in [2.05, 4.69) is 25.8 Å². The molecule has 5 atom stereocenters. The number of carbonyl (C=O) groups is 6. The number of thioether (sulfide) groups is 1. The number of aromatic amines is 1. The van der Waals surface area contributed by atoms with Crippen LogP contribution in [0.25, 0.3) is 0 Å². The van der Waals surface area contributed by atoms with Crippen LogP contribution in [-0.2, 0) is 67.2 Å². The van der Waals surface area contributed by atoms with Crippen LogP contribution in [0.1, 0.15) is 81.0 Å². The fourth-order valence-corrected chi connectivity index (χ4v) is 8.16. The number of aromatic nitrogens is 2. The summed E-state index contributed by atoms with van der Waals surface area (Å²) in [7, 11) is 0. The number of alkyl carbamates (subject to hydrolysis) is 2. The quantitative estimate of drug-likeness (QED) is 0.0331. The number of hydrogen-bond acceptors (Lipinski definition) is 17. The summed E-state index contributed by atoms with van der Waals surface area (Å²) in [5, 5.41) is 11.7. The lowest BCUT2D eigenvalue weighted by atomic mass is 9.97. The second-order valence-corrected chi connectivity index (χ2v) is 16.8. The molecule has 3 aromatic carbocycles. The van der Waals surface area contributed by atoms with E-state index >= 15 is 0 Å². The highest BCUT2D eigenvalue weighted by molar-refractivity contribution is 8.00. The highest BCUT2D eigenvalue weighted by Crippen LogP contribution is 2.41. The van der Waals surface area contributed by atoms with Crippen molar-refractivity contribution in [3.05, 3.63) is 112 Å². The van der Waals surface area contributed by atoms with Crippen molar-refractivity contribution in [2.45, 2.75) is 103 Å². The largest absolute Gasteiger partial charge is 0.492 e. The van der Waals surface area contributed by atoms with E-state index in [1.807, 2.05) is 69.3 Å². The third-order valence-electron chi connectivity index (χ3n) is 9.79.